The van der Waals surface area contributed by atoms with Crippen molar-refractivity contribution < 1.29 is 14.4 Å². The third kappa shape index (κ3) is 6.19. The smallest absolute Gasteiger partial charge is 0.321 e. The average molecular weight is 346 g/mol. The molecule has 0 radical (unpaired) electrons. The Bertz CT molecular complexity index is 609. The molecular formula is C18H26N4O3. The molecule has 1 aromatic rings. The Morgan fingerprint density at radius 3 is 2.36 bits per heavy atom. The predicted molar refractivity (Wildman–Crippen MR) is 95.1 cm³/mol. The van der Waals surface area contributed by atoms with Crippen molar-refractivity contribution >= 4 is 17.8 Å². The molecule has 3 N–H and O–H groups in total. The molecule has 7 nitrogen and oxygen atoms in total. The zero-order valence-corrected chi connectivity index (χ0v) is 14.8. The van der Waals surface area contributed by atoms with Crippen LogP contribution < -0.4 is 16.0 Å². The van der Waals surface area contributed by atoms with Crippen molar-refractivity contribution in [3.8, 4) is 0 Å². The normalized spacial score (nSPS) is 14.4. The van der Waals surface area contributed by atoms with Gasteiger partial charge in [-0.05, 0) is 37.6 Å². The van der Waals surface area contributed by atoms with Gasteiger partial charge in [-0.3, -0.25) is 19.8 Å². The van der Waals surface area contributed by atoms with Gasteiger partial charge in [-0.1, -0.05) is 25.0 Å². The first kappa shape index (κ1) is 18.9. The molecule has 7 heteroatoms. The summed E-state index contributed by atoms with van der Waals surface area (Å²) in [6.07, 6.45) is 4.21. The van der Waals surface area contributed by atoms with Crippen LogP contribution in [0, 0.1) is 0 Å². The van der Waals surface area contributed by atoms with Gasteiger partial charge >= 0.3 is 6.03 Å². The van der Waals surface area contributed by atoms with Gasteiger partial charge in [0, 0.05) is 25.2 Å². The van der Waals surface area contributed by atoms with E-state index in [2.05, 4.69) is 16.0 Å². The van der Waals surface area contributed by atoms with Gasteiger partial charge in [0.05, 0.1) is 6.54 Å². The molecule has 1 aliphatic rings. The molecule has 0 spiro atoms. The Balaban J connectivity index is 1.74. The van der Waals surface area contributed by atoms with E-state index in [1.807, 2.05) is 17.0 Å². The molecule has 0 saturated heterocycles. The lowest BCUT2D eigenvalue weighted by atomic mass is 10.1. The van der Waals surface area contributed by atoms with Crippen LogP contribution >= 0.6 is 0 Å². The van der Waals surface area contributed by atoms with Crippen LogP contribution in [-0.4, -0.2) is 49.4 Å². The first-order valence-corrected chi connectivity index (χ1v) is 8.58. The van der Waals surface area contributed by atoms with E-state index in [0.29, 0.717) is 12.1 Å². The zero-order chi connectivity index (χ0) is 18.2. The van der Waals surface area contributed by atoms with E-state index < -0.39 is 6.03 Å². The highest BCUT2D eigenvalue weighted by Gasteiger charge is 2.18. The maximum absolute atomic E-state index is 11.9. The third-order valence-electron chi connectivity index (χ3n) is 4.25. The maximum Gasteiger partial charge on any atom is 0.321 e. The Labute approximate surface area is 148 Å². The van der Waals surface area contributed by atoms with Gasteiger partial charge in [0.15, 0.2) is 0 Å². The summed E-state index contributed by atoms with van der Waals surface area (Å²) in [6.45, 7) is 0.668. The molecule has 25 heavy (non-hydrogen) atoms. The quantitative estimate of drug-likeness (QED) is 0.723. The lowest BCUT2D eigenvalue weighted by Crippen LogP contribution is -2.46. The fraction of sp³-hybridized carbons (Fsp3) is 0.500. The molecular weight excluding hydrogens is 320 g/mol. The second-order valence-corrected chi connectivity index (χ2v) is 6.45. The van der Waals surface area contributed by atoms with E-state index in [1.54, 1.807) is 26.2 Å². The standard InChI is InChI=1S/C18H26N4O3/c1-19-17(24)14-9-7-13(8-10-14)11-22(2)12-16(23)21-18(25)20-15-5-3-4-6-15/h7-10,15H,3-6,11-12H2,1-2H3,(H,19,24)(H2,20,21,23,25). The number of amides is 4. The Kier molecular flexibility index (Phi) is 6.94. The van der Waals surface area contributed by atoms with E-state index in [9.17, 15) is 14.4 Å². The van der Waals surface area contributed by atoms with Crippen molar-refractivity contribution in [1.82, 2.24) is 20.9 Å². The molecule has 2 rings (SSSR count). The molecule has 1 saturated carbocycles. The summed E-state index contributed by atoms with van der Waals surface area (Å²) in [7, 11) is 3.40. The average Bonchev–Trinajstić information content (AvgIpc) is 3.07. The lowest BCUT2D eigenvalue weighted by Gasteiger charge is -2.17. The zero-order valence-electron chi connectivity index (χ0n) is 14.8. The van der Waals surface area contributed by atoms with Crippen LogP contribution in [-0.2, 0) is 11.3 Å². The summed E-state index contributed by atoms with van der Waals surface area (Å²) in [5.74, 6) is -0.465. The number of rotatable bonds is 6. The van der Waals surface area contributed by atoms with Gasteiger partial charge in [-0.15, -0.1) is 0 Å². The van der Waals surface area contributed by atoms with Gasteiger partial charge in [0.25, 0.3) is 5.91 Å². The molecule has 1 fully saturated rings. The number of nitrogens with one attached hydrogen (secondary N) is 3. The van der Waals surface area contributed by atoms with Crippen molar-refractivity contribution in [3.63, 3.8) is 0 Å². The molecule has 136 valence electrons. The molecule has 0 aliphatic heterocycles. The molecule has 0 unspecified atom stereocenters. The highest BCUT2D eigenvalue weighted by Crippen LogP contribution is 2.17. The van der Waals surface area contributed by atoms with Crippen LogP contribution in [0.4, 0.5) is 4.79 Å². The summed E-state index contributed by atoms with van der Waals surface area (Å²) < 4.78 is 0. The SMILES string of the molecule is CNC(=O)c1ccc(CN(C)CC(=O)NC(=O)NC2CCCC2)cc1. The Morgan fingerprint density at radius 2 is 1.76 bits per heavy atom. The monoisotopic (exact) mass is 346 g/mol. The van der Waals surface area contributed by atoms with Gasteiger partial charge < -0.3 is 10.6 Å². The van der Waals surface area contributed by atoms with E-state index in [0.717, 1.165) is 31.2 Å². The van der Waals surface area contributed by atoms with Crippen molar-refractivity contribution in [1.29, 1.82) is 0 Å². The van der Waals surface area contributed by atoms with Crippen molar-refractivity contribution in [2.45, 2.75) is 38.3 Å². The lowest BCUT2D eigenvalue weighted by molar-refractivity contribution is -0.121. The molecule has 0 heterocycles. The molecule has 0 atom stereocenters. The highest BCUT2D eigenvalue weighted by atomic mass is 16.2. The first-order chi connectivity index (χ1) is 12.0. The summed E-state index contributed by atoms with van der Waals surface area (Å²) in [5, 5.41) is 7.77. The maximum atomic E-state index is 11.9. The van der Waals surface area contributed by atoms with Crippen LogP contribution in [0.1, 0.15) is 41.6 Å². The number of benzene rings is 1. The highest BCUT2D eigenvalue weighted by molar-refractivity contribution is 5.95. The number of carbonyl (C=O) groups is 3. The minimum Gasteiger partial charge on any atom is -0.355 e. The number of nitrogens with zero attached hydrogens (tertiary/aromatic N) is 1. The number of likely N-dealkylation sites (N-methyl/N-ethyl adjacent to an activating group) is 1. The molecule has 0 aromatic heterocycles. The fourth-order valence-electron chi connectivity index (χ4n) is 2.98. The molecule has 4 amide bonds. The van der Waals surface area contributed by atoms with Crippen LogP contribution in [0.5, 0.6) is 0 Å². The van der Waals surface area contributed by atoms with Gasteiger partial charge in [-0.25, -0.2) is 4.79 Å². The largest absolute Gasteiger partial charge is 0.355 e. The summed E-state index contributed by atoms with van der Waals surface area (Å²) in [4.78, 5) is 37.0. The van der Waals surface area contributed by atoms with Gasteiger partial charge in [0.2, 0.25) is 5.91 Å². The van der Waals surface area contributed by atoms with Gasteiger partial charge in [-0.2, -0.15) is 0 Å². The molecule has 1 aliphatic carbocycles. The minimum absolute atomic E-state index is 0.120. The third-order valence-corrected chi connectivity index (χ3v) is 4.25. The number of carbonyl (C=O) groups excluding carboxylic acids is 3. The van der Waals surface area contributed by atoms with Crippen LogP contribution in [0.15, 0.2) is 24.3 Å². The topological polar surface area (TPSA) is 90.5 Å². The molecule has 1 aromatic carbocycles. The Morgan fingerprint density at radius 1 is 1.12 bits per heavy atom. The summed E-state index contributed by atoms with van der Waals surface area (Å²) in [5.41, 5.74) is 1.58. The number of imide groups is 1. The fourth-order valence-corrected chi connectivity index (χ4v) is 2.98. The first-order valence-electron chi connectivity index (χ1n) is 8.58. The van der Waals surface area contributed by atoms with Crippen LogP contribution in [0.3, 0.4) is 0 Å². The van der Waals surface area contributed by atoms with Crippen molar-refractivity contribution in [2.75, 3.05) is 20.6 Å². The van der Waals surface area contributed by atoms with E-state index in [-0.39, 0.29) is 24.4 Å². The van der Waals surface area contributed by atoms with E-state index in [1.165, 1.54) is 0 Å². The molecule has 0 bridgehead atoms. The van der Waals surface area contributed by atoms with Crippen molar-refractivity contribution in [3.05, 3.63) is 35.4 Å². The van der Waals surface area contributed by atoms with E-state index in [4.69, 9.17) is 0 Å². The minimum atomic E-state index is -0.416. The second kappa shape index (κ2) is 9.17. The second-order valence-electron chi connectivity index (χ2n) is 6.45. The van der Waals surface area contributed by atoms with Crippen LogP contribution in [0.2, 0.25) is 0 Å². The van der Waals surface area contributed by atoms with Crippen molar-refractivity contribution in [2.24, 2.45) is 0 Å². The summed E-state index contributed by atoms with van der Waals surface area (Å²) >= 11 is 0. The number of hydrogen-bond acceptors (Lipinski definition) is 4. The number of urea groups is 1. The predicted octanol–water partition coefficient (Wildman–Crippen LogP) is 1.25. The van der Waals surface area contributed by atoms with E-state index >= 15 is 0 Å². The Hall–Kier alpha value is -2.41. The number of hydrogen-bond donors (Lipinski definition) is 3. The summed E-state index contributed by atoms with van der Waals surface area (Å²) in [6, 6.07) is 6.97. The van der Waals surface area contributed by atoms with Crippen LogP contribution in [0.25, 0.3) is 0 Å². The van der Waals surface area contributed by atoms with Gasteiger partial charge in [0.1, 0.15) is 0 Å².